The van der Waals surface area contributed by atoms with Crippen LogP contribution in [-0.2, 0) is 0 Å². The number of hydrogen-bond acceptors (Lipinski definition) is 4. The SMILES string of the molecule is CCC(c1nc2ccc(C3=CC=C(P(C)C)NC3Cl)cc2n1-c1ccccc1O)N(C)C. The van der Waals surface area contributed by atoms with Crippen LogP contribution in [0.15, 0.2) is 60.1 Å². The zero-order chi connectivity index (χ0) is 23.0. The van der Waals surface area contributed by atoms with Gasteiger partial charge >= 0.3 is 0 Å². The summed E-state index contributed by atoms with van der Waals surface area (Å²) in [5, 5.41) is 14.1. The fourth-order valence-corrected chi connectivity index (χ4v) is 5.36. The number of dihydropyridines is 1. The molecule has 5 nitrogen and oxygen atoms in total. The van der Waals surface area contributed by atoms with Gasteiger partial charge in [0.1, 0.15) is 17.1 Å². The Hall–Kier alpha value is -2.33. The summed E-state index contributed by atoms with van der Waals surface area (Å²) >= 11 is 6.73. The quantitative estimate of drug-likeness (QED) is 0.269. The van der Waals surface area contributed by atoms with Crippen molar-refractivity contribution < 1.29 is 5.11 Å². The predicted octanol–water partition coefficient (Wildman–Crippen LogP) is 5.88. The van der Waals surface area contributed by atoms with Crippen LogP contribution in [-0.4, -0.2) is 52.5 Å². The number of hydrogen-bond donors (Lipinski definition) is 2. The van der Waals surface area contributed by atoms with E-state index in [2.05, 4.69) is 73.4 Å². The van der Waals surface area contributed by atoms with Crippen molar-refractivity contribution in [1.29, 1.82) is 0 Å². The summed E-state index contributed by atoms with van der Waals surface area (Å²) in [6, 6.07) is 13.8. The highest BCUT2D eigenvalue weighted by atomic mass is 35.5. The number of nitrogens with one attached hydrogen (secondary N) is 1. The standard InChI is InChI=1S/C25H30ClN4OP/c1-6-19(29(2)3)25-27-18-13-11-16(17-12-14-23(32(4)5)28-24(17)26)15-21(18)30(25)20-9-7-8-10-22(20)31/h7-15,19,24,28,31H,6H2,1-5H3. The lowest BCUT2D eigenvalue weighted by molar-refractivity contribution is 0.278. The van der Waals surface area contributed by atoms with E-state index in [1.807, 2.05) is 24.3 Å². The fourth-order valence-electron chi connectivity index (χ4n) is 4.21. The third kappa shape index (κ3) is 4.17. The lowest BCUT2D eigenvalue weighted by Crippen LogP contribution is -2.26. The monoisotopic (exact) mass is 468 g/mol. The van der Waals surface area contributed by atoms with E-state index in [1.54, 1.807) is 6.07 Å². The number of aromatic hydroxyl groups is 1. The molecule has 2 atom stereocenters. The highest BCUT2D eigenvalue weighted by Gasteiger charge is 2.25. The molecule has 168 valence electrons. The van der Waals surface area contributed by atoms with Gasteiger partial charge in [-0.15, -0.1) is 0 Å². The number of rotatable bonds is 6. The summed E-state index contributed by atoms with van der Waals surface area (Å²) in [5.74, 6) is 1.14. The molecule has 0 radical (unpaired) electrons. The molecule has 2 aromatic carbocycles. The lowest BCUT2D eigenvalue weighted by atomic mass is 10.0. The Kier molecular flexibility index (Phi) is 6.62. The van der Waals surface area contributed by atoms with E-state index in [0.29, 0.717) is 0 Å². The normalized spacial score (nSPS) is 17.4. The first-order chi connectivity index (χ1) is 15.3. The molecule has 1 aromatic heterocycles. The van der Waals surface area contributed by atoms with Crippen molar-refractivity contribution in [1.82, 2.24) is 19.8 Å². The van der Waals surface area contributed by atoms with E-state index < -0.39 is 0 Å². The predicted molar refractivity (Wildman–Crippen MR) is 137 cm³/mol. The second kappa shape index (κ2) is 9.27. The minimum Gasteiger partial charge on any atom is -0.506 e. The molecule has 0 saturated carbocycles. The van der Waals surface area contributed by atoms with Crippen LogP contribution in [0.2, 0.25) is 0 Å². The Morgan fingerprint density at radius 1 is 1.19 bits per heavy atom. The van der Waals surface area contributed by atoms with E-state index in [0.717, 1.165) is 40.1 Å². The molecule has 4 rings (SSSR count). The maximum atomic E-state index is 10.7. The summed E-state index contributed by atoms with van der Waals surface area (Å²) in [4.78, 5) is 7.16. The fraction of sp³-hybridized carbons (Fsp3) is 0.320. The Morgan fingerprint density at radius 3 is 2.56 bits per heavy atom. The van der Waals surface area contributed by atoms with E-state index in [9.17, 15) is 5.11 Å². The number of phenolic OH excluding ortho intramolecular Hbond substituents is 1. The summed E-state index contributed by atoms with van der Waals surface area (Å²) in [6.07, 6.45) is 5.15. The third-order valence-corrected chi connectivity index (χ3v) is 7.48. The van der Waals surface area contributed by atoms with Gasteiger partial charge in [0.2, 0.25) is 0 Å². The first kappa shape index (κ1) is 22.8. The molecule has 0 aliphatic carbocycles. The lowest BCUT2D eigenvalue weighted by Gasteiger charge is -2.25. The number of alkyl halides is 1. The minimum atomic E-state index is -0.288. The van der Waals surface area contributed by atoms with Gasteiger partial charge < -0.3 is 10.4 Å². The van der Waals surface area contributed by atoms with Gasteiger partial charge in [-0.05, 0) is 75.3 Å². The number of para-hydroxylation sites is 2. The topological polar surface area (TPSA) is 53.3 Å². The van der Waals surface area contributed by atoms with Crippen molar-refractivity contribution >= 4 is 36.1 Å². The number of phenols is 1. The van der Waals surface area contributed by atoms with Crippen molar-refractivity contribution in [2.24, 2.45) is 0 Å². The first-order valence-corrected chi connectivity index (χ1v) is 13.5. The Labute approximate surface area is 196 Å². The molecule has 2 N–H and O–H groups in total. The molecule has 0 saturated heterocycles. The maximum Gasteiger partial charge on any atom is 0.139 e. The second-order valence-electron chi connectivity index (χ2n) is 8.46. The molecule has 7 heteroatoms. The Bertz CT molecular complexity index is 1200. The highest BCUT2D eigenvalue weighted by Crippen LogP contribution is 2.40. The number of aromatic nitrogens is 2. The molecule has 0 amide bonds. The molecule has 2 heterocycles. The van der Waals surface area contributed by atoms with Crippen molar-refractivity contribution in [2.75, 3.05) is 27.4 Å². The average Bonchev–Trinajstić information content (AvgIpc) is 3.12. The molecule has 0 fully saturated rings. The molecular formula is C25H30ClN4OP. The van der Waals surface area contributed by atoms with Gasteiger partial charge in [0, 0.05) is 5.44 Å². The number of halogens is 1. The summed E-state index contributed by atoms with van der Waals surface area (Å²) in [6.45, 7) is 6.58. The van der Waals surface area contributed by atoms with Gasteiger partial charge in [0.05, 0.1) is 22.8 Å². The molecule has 1 aliphatic rings. The zero-order valence-corrected chi connectivity index (χ0v) is 20.8. The van der Waals surface area contributed by atoms with Gasteiger partial charge in [-0.25, -0.2) is 4.98 Å². The zero-order valence-electron chi connectivity index (χ0n) is 19.2. The number of benzene rings is 2. The van der Waals surface area contributed by atoms with Crippen molar-refractivity contribution in [3.63, 3.8) is 0 Å². The minimum absolute atomic E-state index is 0.112. The molecule has 3 aromatic rings. The maximum absolute atomic E-state index is 10.7. The van der Waals surface area contributed by atoms with Crippen LogP contribution in [0.5, 0.6) is 5.75 Å². The van der Waals surface area contributed by atoms with Gasteiger partial charge in [-0.3, -0.25) is 9.47 Å². The van der Waals surface area contributed by atoms with Crippen LogP contribution in [0.4, 0.5) is 0 Å². The third-order valence-electron chi connectivity index (χ3n) is 5.89. The second-order valence-corrected chi connectivity index (χ2v) is 11.2. The number of fused-ring (bicyclic) bond motifs is 1. The van der Waals surface area contributed by atoms with Crippen LogP contribution < -0.4 is 5.32 Å². The van der Waals surface area contributed by atoms with Crippen LogP contribution >= 0.6 is 19.5 Å². The molecule has 32 heavy (non-hydrogen) atoms. The van der Waals surface area contributed by atoms with Crippen LogP contribution in [0.1, 0.15) is 30.8 Å². The van der Waals surface area contributed by atoms with Gasteiger partial charge in [-0.1, -0.05) is 50.7 Å². The van der Waals surface area contributed by atoms with Crippen molar-refractivity contribution in [3.05, 3.63) is 71.4 Å². The molecule has 0 spiro atoms. The van der Waals surface area contributed by atoms with Crippen LogP contribution in [0.3, 0.4) is 0 Å². The van der Waals surface area contributed by atoms with Crippen molar-refractivity contribution in [3.8, 4) is 11.4 Å². The van der Waals surface area contributed by atoms with Gasteiger partial charge in [-0.2, -0.15) is 0 Å². The Balaban J connectivity index is 1.93. The number of allylic oxidation sites excluding steroid dienone is 2. The van der Waals surface area contributed by atoms with E-state index >= 15 is 0 Å². The first-order valence-electron chi connectivity index (χ1n) is 10.8. The van der Waals surface area contributed by atoms with Crippen molar-refractivity contribution in [2.45, 2.75) is 24.9 Å². The smallest absolute Gasteiger partial charge is 0.139 e. The number of nitrogens with zero attached hydrogens (tertiary/aromatic N) is 3. The van der Waals surface area contributed by atoms with E-state index in [-0.39, 0.29) is 25.2 Å². The van der Waals surface area contributed by atoms with Crippen LogP contribution in [0, 0.1) is 0 Å². The number of imidazole rings is 1. The molecule has 1 aliphatic heterocycles. The van der Waals surface area contributed by atoms with E-state index in [4.69, 9.17) is 16.6 Å². The Morgan fingerprint density at radius 2 is 1.94 bits per heavy atom. The van der Waals surface area contributed by atoms with Gasteiger partial charge in [0.15, 0.2) is 0 Å². The summed E-state index contributed by atoms with van der Waals surface area (Å²) < 4.78 is 2.08. The highest BCUT2D eigenvalue weighted by molar-refractivity contribution is 7.60. The summed E-state index contributed by atoms with van der Waals surface area (Å²) in [7, 11) is 3.88. The average molecular weight is 469 g/mol. The largest absolute Gasteiger partial charge is 0.506 e. The summed E-state index contributed by atoms with van der Waals surface area (Å²) in [5.41, 5.74) is 5.55. The molecular weight excluding hydrogens is 439 g/mol. The van der Waals surface area contributed by atoms with Gasteiger partial charge in [0.25, 0.3) is 0 Å². The van der Waals surface area contributed by atoms with Crippen LogP contribution in [0.25, 0.3) is 22.3 Å². The molecule has 2 unspecified atom stereocenters. The molecule has 0 bridgehead atoms. The van der Waals surface area contributed by atoms with E-state index in [1.165, 1.54) is 5.44 Å².